The van der Waals surface area contributed by atoms with E-state index in [1.54, 1.807) is 0 Å². The highest BCUT2D eigenvalue weighted by Gasteiger charge is 2.59. The second-order valence-corrected chi connectivity index (χ2v) is 9.75. The number of imidazole rings is 1. The van der Waals surface area contributed by atoms with Gasteiger partial charge < -0.3 is 24.8 Å². The zero-order valence-corrected chi connectivity index (χ0v) is 18.2. The number of ether oxygens (including phenoxy) is 1. The van der Waals surface area contributed by atoms with Gasteiger partial charge in [-0.3, -0.25) is 4.57 Å². The summed E-state index contributed by atoms with van der Waals surface area (Å²) in [6, 6.07) is 0. The van der Waals surface area contributed by atoms with Crippen LogP contribution in [0.5, 0.6) is 0 Å². The largest absolute Gasteiger partial charge is 0.392 e. The molecule has 0 radical (unpaired) electrons. The average Bonchev–Trinajstić information content (AvgIpc) is 2.98. The molecule has 0 saturated carbocycles. The molecule has 0 aliphatic heterocycles. The molecular weight excluding hydrogens is 491 g/mol. The van der Waals surface area contributed by atoms with Gasteiger partial charge >= 0.3 is 19.9 Å². The van der Waals surface area contributed by atoms with E-state index >= 15 is 0 Å². The summed E-state index contributed by atoms with van der Waals surface area (Å²) in [6.45, 7) is 0.631. The third-order valence-corrected chi connectivity index (χ3v) is 6.76. The minimum absolute atomic E-state index is 0.127. The van der Waals surface area contributed by atoms with Crippen molar-refractivity contribution in [1.29, 1.82) is 0 Å². The van der Waals surface area contributed by atoms with Gasteiger partial charge in [0.05, 0.1) is 25.8 Å². The van der Waals surface area contributed by atoms with Crippen LogP contribution in [0.1, 0.15) is 26.2 Å². The van der Waals surface area contributed by atoms with E-state index in [-0.39, 0.29) is 11.6 Å². The Hall–Kier alpha value is -1.61. The van der Waals surface area contributed by atoms with E-state index in [1.807, 2.05) is 6.92 Å². The van der Waals surface area contributed by atoms with Gasteiger partial charge in [-0.25, -0.2) is 9.97 Å². The van der Waals surface area contributed by atoms with Crippen molar-refractivity contribution in [2.24, 2.45) is 0 Å². The van der Waals surface area contributed by atoms with Crippen LogP contribution < -0.4 is 5.73 Å². The van der Waals surface area contributed by atoms with Crippen LogP contribution in [0, 0.1) is 0 Å². The molecule has 4 N–H and O–H groups in total. The molecule has 0 aliphatic rings. The molecule has 2 aromatic rings. The summed E-state index contributed by atoms with van der Waals surface area (Å²) in [5.74, 6) is 0.554. The van der Waals surface area contributed by atoms with Crippen LogP contribution in [-0.4, -0.2) is 59.4 Å². The third kappa shape index (κ3) is 6.94. The average molecular weight is 511 g/mol. The maximum atomic E-state index is 12.9. The van der Waals surface area contributed by atoms with Gasteiger partial charge in [0.2, 0.25) is 5.95 Å². The molecule has 0 unspecified atom stereocenters. The quantitative estimate of drug-likeness (QED) is 0.189. The highest BCUT2D eigenvalue weighted by atomic mass is 32.2. The van der Waals surface area contributed by atoms with E-state index in [2.05, 4.69) is 19.7 Å². The van der Waals surface area contributed by atoms with Crippen molar-refractivity contribution in [2.75, 3.05) is 18.1 Å². The van der Waals surface area contributed by atoms with Crippen LogP contribution in [0.2, 0.25) is 0 Å². The minimum Gasteiger partial charge on any atom is -0.368 e. The topological polar surface area (TPSA) is 136 Å². The van der Waals surface area contributed by atoms with Crippen LogP contribution >= 0.6 is 19.4 Å². The van der Waals surface area contributed by atoms with Crippen LogP contribution in [0.3, 0.4) is 0 Å². The number of hydrogen-bond donors (Lipinski definition) is 3. The molecule has 2 rings (SSSR count). The molecule has 0 fully saturated rings. The number of anilines is 1. The number of aromatic nitrogens is 4. The lowest BCUT2D eigenvalue weighted by atomic mass is 10.1. The van der Waals surface area contributed by atoms with Gasteiger partial charge in [0, 0.05) is 6.54 Å². The predicted molar refractivity (Wildman–Crippen MR) is 103 cm³/mol. The Balaban J connectivity index is 2.31. The van der Waals surface area contributed by atoms with Gasteiger partial charge in [0.25, 0.3) is 0 Å². The molecule has 32 heavy (non-hydrogen) atoms. The Morgan fingerprint density at radius 1 is 1.16 bits per heavy atom. The molecule has 182 valence electrons. The summed E-state index contributed by atoms with van der Waals surface area (Å²) in [5.41, 5.74) is 6.11. The van der Waals surface area contributed by atoms with Crippen LogP contribution in [0.4, 0.5) is 32.3 Å². The number of halogens is 6. The number of hydrogen-bond acceptors (Lipinski definition) is 7. The van der Waals surface area contributed by atoms with E-state index in [1.165, 1.54) is 22.7 Å². The highest BCUT2D eigenvalue weighted by molar-refractivity contribution is 7.99. The number of alkyl halides is 6. The molecular formula is C15H20F6N5O4PS. The zero-order valence-electron chi connectivity index (χ0n) is 16.5. The van der Waals surface area contributed by atoms with E-state index in [9.17, 15) is 40.7 Å². The molecule has 17 heteroatoms. The number of fused-ring (bicyclic) bond motifs is 1. The van der Waals surface area contributed by atoms with Crippen molar-refractivity contribution < 1.29 is 45.4 Å². The Morgan fingerprint density at radius 2 is 1.75 bits per heavy atom. The minimum atomic E-state index is -6.02. The van der Waals surface area contributed by atoms with Crippen molar-refractivity contribution in [1.82, 2.24) is 19.5 Å². The summed E-state index contributed by atoms with van der Waals surface area (Å²) in [6.07, 6.45) is -13.6. The van der Waals surface area contributed by atoms with E-state index < -0.39 is 51.3 Å². The number of nitrogens with two attached hydrogens (primary N) is 1. The SMILES string of the molecule is CCCSc1nc(N)nc2c1ncn2CCOC(CC(F)(F)F)(CC(F)(F)F)P(=O)(O)O. The summed E-state index contributed by atoms with van der Waals surface area (Å²) < 4.78 is 95.1. The summed E-state index contributed by atoms with van der Waals surface area (Å²) >= 11 is 1.33. The first-order chi connectivity index (χ1) is 14.6. The lowest BCUT2D eigenvalue weighted by Crippen LogP contribution is -2.42. The summed E-state index contributed by atoms with van der Waals surface area (Å²) in [5, 5.41) is -3.39. The molecule has 0 amide bonds. The molecule has 0 bridgehead atoms. The molecule has 0 aliphatic carbocycles. The molecule has 0 atom stereocenters. The van der Waals surface area contributed by atoms with Crippen molar-refractivity contribution in [3.8, 4) is 0 Å². The lowest BCUT2D eigenvalue weighted by Gasteiger charge is -2.35. The fourth-order valence-electron chi connectivity index (χ4n) is 2.81. The Morgan fingerprint density at radius 3 is 2.25 bits per heavy atom. The fraction of sp³-hybridized carbons (Fsp3) is 0.667. The third-order valence-electron chi connectivity index (χ3n) is 4.08. The van der Waals surface area contributed by atoms with Crippen molar-refractivity contribution in [3.63, 3.8) is 0 Å². The fourth-order valence-corrected chi connectivity index (χ4v) is 4.68. The van der Waals surface area contributed by atoms with Gasteiger partial charge in [-0.05, 0) is 12.2 Å². The molecule has 0 saturated heterocycles. The van der Waals surface area contributed by atoms with Crippen LogP contribution in [-0.2, 0) is 15.8 Å². The van der Waals surface area contributed by atoms with Gasteiger partial charge in [0.1, 0.15) is 10.5 Å². The first-order valence-electron chi connectivity index (χ1n) is 9.01. The second kappa shape index (κ2) is 9.71. The number of rotatable bonds is 10. The van der Waals surface area contributed by atoms with E-state index in [4.69, 9.17) is 5.73 Å². The van der Waals surface area contributed by atoms with E-state index in [0.717, 1.165) is 6.42 Å². The highest BCUT2D eigenvalue weighted by Crippen LogP contribution is 2.60. The standard InChI is InChI=1S/C15H20F6N5O4PS/c1-2-5-32-11-9-10(24-12(22)25-11)26(8-23-9)3-4-30-13(31(27,28)29,6-14(16,17)18)7-15(19,20)21/h8H,2-7H2,1H3,(H2,22,24,25)(H2,27,28,29). The summed E-state index contributed by atoms with van der Waals surface area (Å²) in [7, 11) is -6.02. The predicted octanol–water partition coefficient (Wildman–Crippen LogP) is 3.71. The Labute approximate surface area is 181 Å². The first-order valence-corrected chi connectivity index (χ1v) is 11.6. The summed E-state index contributed by atoms with van der Waals surface area (Å²) in [4.78, 5) is 30.8. The smallest absolute Gasteiger partial charge is 0.368 e. The maximum Gasteiger partial charge on any atom is 0.392 e. The van der Waals surface area contributed by atoms with Crippen molar-refractivity contribution >= 4 is 36.5 Å². The number of thioether (sulfide) groups is 1. The van der Waals surface area contributed by atoms with Crippen LogP contribution in [0.15, 0.2) is 11.4 Å². The van der Waals surface area contributed by atoms with Crippen molar-refractivity contribution in [3.05, 3.63) is 6.33 Å². The number of nitrogen functional groups attached to an aromatic ring is 1. The lowest BCUT2D eigenvalue weighted by molar-refractivity contribution is -0.211. The molecule has 0 aromatic carbocycles. The maximum absolute atomic E-state index is 12.9. The van der Waals surface area contributed by atoms with Gasteiger partial charge in [0.15, 0.2) is 11.0 Å². The van der Waals surface area contributed by atoms with Crippen molar-refractivity contribution in [2.45, 2.75) is 55.5 Å². The van der Waals surface area contributed by atoms with E-state index in [0.29, 0.717) is 16.3 Å². The second-order valence-electron chi connectivity index (χ2n) is 6.77. The Kier molecular flexibility index (Phi) is 8.08. The monoisotopic (exact) mass is 511 g/mol. The zero-order chi connectivity index (χ0) is 24.4. The molecule has 9 nitrogen and oxygen atoms in total. The van der Waals surface area contributed by atoms with Crippen LogP contribution in [0.25, 0.3) is 11.2 Å². The van der Waals surface area contributed by atoms with Gasteiger partial charge in [-0.15, -0.1) is 11.8 Å². The molecule has 2 heterocycles. The van der Waals surface area contributed by atoms with Gasteiger partial charge in [-0.1, -0.05) is 6.92 Å². The molecule has 2 aromatic heterocycles. The number of nitrogens with zero attached hydrogens (tertiary/aromatic N) is 4. The normalized spacial score (nSPS) is 13.8. The van der Waals surface area contributed by atoms with Gasteiger partial charge in [-0.2, -0.15) is 31.3 Å². The Bertz CT molecular complexity index is 964. The first kappa shape index (κ1) is 26.6. The molecule has 0 spiro atoms.